The number of ether oxygens (including phenoxy) is 1. The number of rotatable bonds is 8. The van der Waals surface area contributed by atoms with Crippen molar-refractivity contribution in [1.82, 2.24) is 19.6 Å². The molecule has 2 rings (SSSR count). The molecular weight excluding hydrogens is 323 g/mol. The lowest BCUT2D eigenvalue weighted by Crippen LogP contribution is -2.39. The minimum absolute atomic E-state index is 0.126. The molecule has 0 radical (unpaired) electrons. The van der Waals surface area contributed by atoms with Crippen molar-refractivity contribution >= 4 is 5.91 Å². The van der Waals surface area contributed by atoms with Gasteiger partial charge in [0.05, 0.1) is 24.1 Å². The van der Waals surface area contributed by atoms with Crippen LogP contribution in [0.5, 0.6) is 0 Å². The number of methoxy groups -OCH3 is 1. The first kappa shape index (κ1) is 19.1. The predicted molar refractivity (Wildman–Crippen MR) is 94.6 cm³/mol. The van der Waals surface area contributed by atoms with Crippen LogP contribution in [0.3, 0.4) is 0 Å². The van der Waals surface area contributed by atoms with Crippen molar-refractivity contribution in [2.45, 2.75) is 6.92 Å². The van der Waals surface area contributed by atoms with Crippen molar-refractivity contribution in [3.8, 4) is 5.69 Å². The highest BCUT2D eigenvalue weighted by atomic mass is 19.1. The molecule has 0 aliphatic heterocycles. The summed E-state index contributed by atoms with van der Waals surface area (Å²) in [6.45, 7) is 4.05. The fourth-order valence-corrected chi connectivity index (χ4v) is 2.49. The molecule has 0 aliphatic rings. The Balaban J connectivity index is 2.26. The number of hydrogen-bond acceptors (Lipinski definition) is 4. The van der Waals surface area contributed by atoms with Gasteiger partial charge in [-0.1, -0.05) is 12.1 Å². The number of aromatic nitrogens is 2. The number of benzene rings is 1. The second-order valence-corrected chi connectivity index (χ2v) is 6.10. The van der Waals surface area contributed by atoms with E-state index in [4.69, 9.17) is 4.74 Å². The predicted octanol–water partition coefficient (Wildman–Crippen LogP) is 1.97. The van der Waals surface area contributed by atoms with Gasteiger partial charge in [0.2, 0.25) is 0 Å². The quantitative estimate of drug-likeness (QED) is 0.732. The van der Waals surface area contributed by atoms with Crippen LogP contribution in [0.1, 0.15) is 16.1 Å². The molecule has 0 atom stereocenters. The van der Waals surface area contributed by atoms with E-state index in [2.05, 4.69) is 5.10 Å². The fourth-order valence-electron chi connectivity index (χ4n) is 2.49. The molecule has 6 nitrogen and oxygen atoms in total. The maximum absolute atomic E-state index is 14.0. The molecule has 0 bridgehead atoms. The standard InChI is InChI=1S/C18H25FN4O2/c1-14-15(13-20-23(14)17-8-6-5-7-16(17)19)18(24)22(11-12-25-4)10-9-21(2)3/h5-8,13H,9-12H2,1-4H3. The molecule has 0 unspecified atom stereocenters. The van der Waals surface area contributed by atoms with Gasteiger partial charge in [0.1, 0.15) is 11.5 Å². The molecule has 1 amide bonds. The third-order valence-corrected chi connectivity index (χ3v) is 3.99. The summed E-state index contributed by atoms with van der Waals surface area (Å²) in [4.78, 5) is 16.7. The largest absolute Gasteiger partial charge is 0.383 e. The molecule has 136 valence electrons. The molecule has 0 saturated carbocycles. The fraction of sp³-hybridized carbons (Fsp3) is 0.444. The Morgan fingerprint density at radius 2 is 1.96 bits per heavy atom. The second-order valence-electron chi connectivity index (χ2n) is 6.10. The lowest BCUT2D eigenvalue weighted by atomic mass is 10.2. The maximum atomic E-state index is 14.0. The number of halogens is 1. The van der Waals surface area contributed by atoms with E-state index in [-0.39, 0.29) is 11.7 Å². The number of nitrogens with zero attached hydrogens (tertiary/aromatic N) is 4. The Labute approximate surface area is 147 Å². The highest BCUT2D eigenvalue weighted by Crippen LogP contribution is 2.18. The van der Waals surface area contributed by atoms with Crippen molar-refractivity contribution in [2.24, 2.45) is 0 Å². The van der Waals surface area contributed by atoms with E-state index >= 15 is 0 Å². The Morgan fingerprint density at radius 3 is 2.60 bits per heavy atom. The van der Waals surface area contributed by atoms with Gasteiger partial charge in [0, 0.05) is 26.7 Å². The number of hydrogen-bond donors (Lipinski definition) is 0. The van der Waals surface area contributed by atoms with Crippen LogP contribution in [0, 0.1) is 12.7 Å². The smallest absolute Gasteiger partial charge is 0.257 e. The van der Waals surface area contributed by atoms with E-state index < -0.39 is 0 Å². The van der Waals surface area contributed by atoms with Gasteiger partial charge in [0.15, 0.2) is 0 Å². The van der Waals surface area contributed by atoms with Crippen molar-refractivity contribution < 1.29 is 13.9 Å². The molecular formula is C18H25FN4O2. The highest BCUT2D eigenvalue weighted by Gasteiger charge is 2.21. The van der Waals surface area contributed by atoms with Gasteiger partial charge in [0.25, 0.3) is 5.91 Å². The summed E-state index contributed by atoms with van der Waals surface area (Å²) in [6, 6.07) is 6.37. The van der Waals surface area contributed by atoms with Gasteiger partial charge in [-0.2, -0.15) is 5.10 Å². The van der Waals surface area contributed by atoms with Crippen molar-refractivity contribution in [2.75, 3.05) is 47.4 Å². The van der Waals surface area contributed by atoms with Crippen LogP contribution in [-0.2, 0) is 4.74 Å². The molecule has 0 fully saturated rings. The van der Waals surface area contributed by atoms with Gasteiger partial charge in [-0.15, -0.1) is 0 Å². The number of amides is 1. The van der Waals surface area contributed by atoms with Gasteiger partial charge in [-0.25, -0.2) is 9.07 Å². The topological polar surface area (TPSA) is 50.6 Å². The van der Waals surface area contributed by atoms with Crippen LogP contribution >= 0.6 is 0 Å². The Morgan fingerprint density at radius 1 is 1.24 bits per heavy atom. The summed E-state index contributed by atoms with van der Waals surface area (Å²) in [7, 11) is 5.52. The Bertz CT molecular complexity index is 715. The van der Waals surface area contributed by atoms with E-state index in [9.17, 15) is 9.18 Å². The average Bonchev–Trinajstić information content (AvgIpc) is 2.96. The minimum Gasteiger partial charge on any atom is -0.383 e. The summed E-state index contributed by atoms with van der Waals surface area (Å²) < 4.78 is 20.6. The third kappa shape index (κ3) is 4.64. The van der Waals surface area contributed by atoms with Gasteiger partial charge < -0.3 is 14.5 Å². The number of carbonyl (C=O) groups excluding carboxylic acids is 1. The zero-order valence-corrected chi connectivity index (χ0v) is 15.2. The Hall–Kier alpha value is -2.25. The second kappa shape index (κ2) is 8.73. The summed E-state index contributed by atoms with van der Waals surface area (Å²) >= 11 is 0. The van der Waals surface area contributed by atoms with Crippen LogP contribution in [0.15, 0.2) is 30.5 Å². The zero-order valence-electron chi connectivity index (χ0n) is 15.2. The van der Waals surface area contributed by atoms with E-state index in [0.29, 0.717) is 36.6 Å². The summed E-state index contributed by atoms with van der Waals surface area (Å²) in [6.07, 6.45) is 1.50. The molecule has 2 aromatic rings. The normalized spacial score (nSPS) is 11.1. The Kier molecular flexibility index (Phi) is 6.66. The molecule has 1 aromatic carbocycles. The van der Waals surface area contributed by atoms with Crippen LogP contribution in [0.4, 0.5) is 4.39 Å². The highest BCUT2D eigenvalue weighted by molar-refractivity contribution is 5.95. The summed E-state index contributed by atoms with van der Waals surface area (Å²) in [5.41, 5.74) is 1.41. The maximum Gasteiger partial charge on any atom is 0.257 e. The third-order valence-electron chi connectivity index (χ3n) is 3.99. The van der Waals surface area contributed by atoms with Crippen LogP contribution < -0.4 is 0 Å². The van der Waals surface area contributed by atoms with Crippen molar-refractivity contribution in [3.05, 3.63) is 47.5 Å². The van der Waals surface area contributed by atoms with Crippen LogP contribution in [0.2, 0.25) is 0 Å². The van der Waals surface area contributed by atoms with Crippen molar-refractivity contribution in [3.63, 3.8) is 0 Å². The van der Waals surface area contributed by atoms with E-state index in [0.717, 1.165) is 6.54 Å². The number of likely N-dealkylation sites (N-methyl/N-ethyl adjacent to an activating group) is 1. The summed E-state index contributed by atoms with van der Waals surface area (Å²) in [5.74, 6) is -0.504. The molecule has 0 spiro atoms. The minimum atomic E-state index is -0.378. The first-order chi connectivity index (χ1) is 12.0. The first-order valence-electron chi connectivity index (χ1n) is 8.18. The van der Waals surface area contributed by atoms with Gasteiger partial charge in [-0.05, 0) is 33.2 Å². The SMILES string of the molecule is COCCN(CCN(C)C)C(=O)c1cnn(-c2ccccc2F)c1C. The lowest BCUT2D eigenvalue weighted by Gasteiger charge is -2.24. The molecule has 0 saturated heterocycles. The molecule has 25 heavy (non-hydrogen) atoms. The number of para-hydroxylation sites is 1. The van der Waals surface area contributed by atoms with E-state index in [1.807, 2.05) is 19.0 Å². The monoisotopic (exact) mass is 348 g/mol. The summed E-state index contributed by atoms with van der Waals surface area (Å²) in [5, 5.41) is 4.21. The zero-order chi connectivity index (χ0) is 18.4. The average molecular weight is 348 g/mol. The van der Waals surface area contributed by atoms with Crippen molar-refractivity contribution in [1.29, 1.82) is 0 Å². The van der Waals surface area contributed by atoms with Crippen LogP contribution in [0.25, 0.3) is 5.69 Å². The first-order valence-corrected chi connectivity index (χ1v) is 8.18. The lowest BCUT2D eigenvalue weighted by molar-refractivity contribution is 0.0682. The molecule has 1 heterocycles. The van der Waals surface area contributed by atoms with Crippen LogP contribution in [-0.4, -0.2) is 72.9 Å². The van der Waals surface area contributed by atoms with Gasteiger partial charge in [-0.3, -0.25) is 4.79 Å². The molecule has 1 aromatic heterocycles. The molecule has 0 N–H and O–H groups in total. The number of carbonyl (C=O) groups is 1. The molecule has 0 aliphatic carbocycles. The van der Waals surface area contributed by atoms with E-state index in [1.54, 1.807) is 37.1 Å². The molecule has 7 heteroatoms. The van der Waals surface area contributed by atoms with Gasteiger partial charge >= 0.3 is 0 Å². The van der Waals surface area contributed by atoms with E-state index in [1.165, 1.54) is 16.9 Å².